The summed E-state index contributed by atoms with van der Waals surface area (Å²) in [6, 6.07) is 2.13. The minimum atomic E-state index is 0.283. The monoisotopic (exact) mass is 344 g/mol. The first kappa shape index (κ1) is 18.2. The van der Waals surface area contributed by atoms with Crippen LogP contribution in [0.4, 0.5) is 5.82 Å². The smallest absolute Gasteiger partial charge is 0.225 e. The Kier molecular flexibility index (Phi) is 5.60. The van der Waals surface area contributed by atoms with E-state index >= 15 is 0 Å². The van der Waals surface area contributed by atoms with Gasteiger partial charge in [-0.2, -0.15) is 0 Å². The summed E-state index contributed by atoms with van der Waals surface area (Å²) < 4.78 is 0. The summed E-state index contributed by atoms with van der Waals surface area (Å²) in [6.45, 7) is 12.0. The van der Waals surface area contributed by atoms with E-state index < -0.39 is 0 Å². The molecule has 0 unspecified atom stereocenters. The Morgan fingerprint density at radius 3 is 2.20 bits per heavy atom. The second-order valence-corrected chi connectivity index (χ2v) is 8.11. The Morgan fingerprint density at radius 2 is 1.64 bits per heavy atom. The van der Waals surface area contributed by atoms with Crippen LogP contribution in [0.1, 0.15) is 76.7 Å². The number of rotatable bonds is 4. The van der Waals surface area contributed by atoms with Gasteiger partial charge in [-0.1, -0.05) is 40.5 Å². The highest BCUT2D eigenvalue weighted by atomic mass is 16.2. The van der Waals surface area contributed by atoms with Crippen LogP contribution in [0.3, 0.4) is 0 Å². The second-order valence-electron chi connectivity index (χ2n) is 8.11. The zero-order valence-electron chi connectivity index (χ0n) is 16.2. The van der Waals surface area contributed by atoms with E-state index in [1.807, 2.05) is 0 Å². The molecule has 138 valence electrons. The van der Waals surface area contributed by atoms with Crippen LogP contribution < -0.4 is 4.90 Å². The first-order valence-corrected chi connectivity index (χ1v) is 9.88. The van der Waals surface area contributed by atoms with Gasteiger partial charge in [-0.3, -0.25) is 4.79 Å². The Labute approximate surface area is 151 Å². The number of amides is 1. The third-order valence-corrected chi connectivity index (χ3v) is 5.48. The Bertz CT molecular complexity index is 573. The maximum atomic E-state index is 12.6. The summed E-state index contributed by atoms with van der Waals surface area (Å²) in [4.78, 5) is 26.5. The van der Waals surface area contributed by atoms with Crippen LogP contribution in [-0.2, 0) is 4.79 Å². The van der Waals surface area contributed by atoms with E-state index in [0.717, 1.165) is 56.4 Å². The summed E-state index contributed by atoms with van der Waals surface area (Å²) >= 11 is 0. The highest BCUT2D eigenvalue weighted by Gasteiger charge is 2.30. The lowest BCUT2D eigenvalue weighted by molar-refractivity contribution is -0.135. The summed E-state index contributed by atoms with van der Waals surface area (Å²) in [5.74, 6) is 3.32. The Morgan fingerprint density at radius 1 is 1.00 bits per heavy atom. The molecule has 1 aromatic heterocycles. The fourth-order valence-electron chi connectivity index (χ4n) is 3.77. The molecule has 2 fully saturated rings. The van der Waals surface area contributed by atoms with Gasteiger partial charge in [0.2, 0.25) is 5.91 Å². The van der Waals surface area contributed by atoms with Gasteiger partial charge in [-0.25, -0.2) is 9.97 Å². The first-order valence-electron chi connectivity index (χ1n) is 9.88. The zero-order valence-corrected chi connectivity index (χ0v) is 16.2. The lowest BCUT2D eigenvalue weighted by Gasteiger charge is -2.37. The van der Waals surface area contributed by atoms with Crippen LogP contribution in [0, 0.1) is 5.92 Å². The molecular weight excluding hydrogens is 312 g/mol. The van der Waals surface area contributed by atoms with Crippen molar-refractivity contribution in [2.24, 2.45) is 5.92 Å². The van der Waals surface area contributed by atoms with Crippen molar-refractivity contribution in [2.75, 3.05) is 31.1 Å². The summed E-state index contributed by atoms with van der Waals surface area (Å²) in [7, 11) is 0. The highest BCUT2D eigenvalue weighted by Crippen LogP contribution is 2.28. The molecule has 1 aliphatic carbocycles. The molecule has 1 amide bonds. The predicted octanol–water partition coefficient (Wildman–Crippen LogP) is 3.56. The molecule has 5 heteroatoms. The largest absolute Gasteiger partial charge is 0.353 e. The summed E-state index contributed by atoms with van der Waals surface area (Å²) in [6.07, 6.45) is 4.60. The normalized spacial score (nSPS) is 19.3. The number of carbonyl (C=O) groups excluding carboxylic acids is 1. The Balaban J connectivity index is 1.68. The van der Waals surface area contributed by atoms with Crippen LogP contribution in [0.25, 0.3) is 0 Å². The highest BCUT2D eigenvalue weighted by molar-refractivity contribution is 5.79. The third-order valence-electron chi connectivity index (χ3n) is 5.48. The van der Waals surface area contributed by atoms with Gasteiger partial charge in [-0.05, 0) is 18.8 Å². The van der Waals surface area contributed by atoms with Gasteiger partial charge in [0.25, 0.3) is 0 Å². The van der Waals surface area contributed by atoms with E-state index in [1.165, 1.54) is 12.8 Å². The van der Waals surface area contributed by atoms with Crippen LogP contribution >= 0.6 is 0 Å². The minimum Gasteiger partial charge on any atom is -0.353 e. The molecule has 0 radical (unpaired) electrons. The van der Waals surface area contributed by atoms with Crippen molar-refractivity contribution >= 4 is 11.7 Å². The molecule has 0 spiro atoms. The van der Waals surface area contributed by atoms with E-state index in [0.29, 0.717) is 17.7 Å². The molecule has 0 aromatic carbocycles. The van der Waals surface area contributed by atoms with Gasteiger partial charge in [-0.15, -0.1) is 0 Å². The molecule has 3 rings (SSSR count). The van der Waals surface area contributed by atoms with Gasteiger partial charge in [0.15, 0.2) is 0 Å². The van der Waals surface area contributed by atoms with Gasteiger partial charge in [0.1, 0.15) is 11.6 Å². The van der Waals surface area contributed by atoms with E-state index in [9.17, 15) is 4.79 Å². The van der Waals surface area contributed by atoms with Crippen molar-refractivity contribution in [3.05, 3.63) is 17.6 Å². The van der Waals surface area contributed by atoms with E-state index in [1.54, 1.807) is 0 Å². The molecule has 2 aliphatic rings. The number of hydrogen-bond donors (Lipinski definition) is 0. The van der Waals surface area contributed by atoms with Crippen LogP contribution in [0.5, 0.6) is 0 Å². The quantitative estimate of drug-likeness (QED) is 0.838. The number of aromatic nitrogens is 2. The maximum Gasteiger partial charge on any atom is 0.225 e. The second kappa shape index (κ2) is 7.71. The summed E-state index contributed by atoms with van der Waals surface area (Å²) in [5.41, 5.74) is 1.11. The van der Waals surface area contributed by atoms with Gasteiger partial charge in [0, 0.05) is 49.8 Å². The molecule has 25 heavy (non-hydrogen) atoms. The molecular formula is C20H32N4O. The summed E-state index contributed by atoms with van der Waals surface area (Å²) in [5, 5.41) is 0. The number of anilines is 1. The van der Waals surface area contributed by atoms with Crippen LogP contribution in [-0.4, -0.2) is 47.0 Å². The van der Waals surface area contributed by atoms with E-state index in [-0.39, 0.29) is 5.92 Å². The SMILES string of the molecule is CC(C)c1cc(N2CCN(C(=O)C3CCCC3)CC2)nc(C(C)C)n1. The predicted molar refractivity (Wildman–Crippen MR) is 101 cm³/mol. The molecule has 2 heterocycles. The molecule has 1 saturated heterocycles. The molecule has 0 N–H and O–H groups in total. The van der Waals surface area contributed by atoms with Crippen molar-refractivity contribution in [1.82, 2.24) is 14.9 Å². The molecule has 1 aromatic rings. The fraction of sp³-hybridized carbons (Fsp3) is 0.750. The molecule has 1 aliphatic heterocycles. The molecule has 0 atom stereocenters. The number of hydrogen-bond acceptors (Lipinski definition) is 4. The van der Waals surface area contributed by atoms with Crippen molar-refractivity contribution < 1.29 is 4.79 Å². The van der Waals surface area contributed by atoms with Crippen molar-refractivity contribution in [2.45, 2.75) is 65.2 Å². The lowest BCUT2D eigenvalue weighted by Crippen LogP contribution is -2.50. The molecule has 0 bridgehead atoms. The van der Waals surface area contributed by atoms with Crippen molar-refractivity contribution in [3.63, 3.8) is 0 Å². The zero-order chi connectivity index (χ0) is 18.0. The first-order chi connectivity index (χ1) is 12.0. The number of carbonyl (C=O) groups is 1. The molecule has 5 nitrogen and oxygen atoms in total. The average Bonchev–Trinajstić information content (AvgIpc) is 3.15. The van der Waals surface area contributed by atoms with Crippen molar-refractivity contribution in [3.8, 4) is 0 Å². The Hall–Kier alpha value is -1.65. The third kappa shape index (κ3) is 4.13. The van der Waals surface area contributed by atoms with Crippen LogP contribution in [0.2, 0.25) is 0 Å². The standard InChI is InChI=1S/C20H32N4O/c1-14(2)17-13-18(22-19(21-17)15(3)4)23-9-11-24(12-10-23)20(25)16-7-5-6-8-16/h13-16H,5-12H2,1-4H3. The molecule has 1 saturated carbocycles. The number of nitrogens with zero attached hydrogens (tertiary/aromatic N) is 4. The van der Waals surface area contributed by atoms with E-state index in [4.69, 9.17) is 9.97 Å². The lowest BCUT2D eigenvalue weighted by atomic mass is 10.1. The van der Waals surface area contributed by atoms with E-state index in [2.05, 4.69) is 43.6 Å². The van der Waals surface area contributed by atoms with Crippen LogP contribution in [0.15, 0.2) is 6.07 Å². The average molecular weight is 345 g/mol. The van der Waals surface area contributed by atoms with Crippen molar-refractivity contribution in [1.29, 1.82) is 0 Å². The fourth-order valence-corrected chi connectivity index (χ4v) is 3.77. The number of piperazine rings is 1. The van der Waals surface area contributed by atoms with Gasteiger partial charge >= 0.3 is 0 Å². The van der Waals surface area contributed by atoms with Gasteiger partial charge in [0.05, 0.1) is 0 Å². The topological polar surface area (TPSA) is 49.3 Å². The van der Waals surface area contributed by atoms with Gasteiger partial charge < -0.3 is 9.80 Å². The minimum absolute atomic E-state index is 0.283. The maximum absolute atomic E-state index is 12.6.